The van der Waals surface area contributed by atoms with Crippen LogP contribution < -0.4 is 5.32 Å². The Morgan fingerprint density at radius 3 is 2.42 bits per heavy atom. The van der Waals surface area contributed by atoms with Gasteiger partial charge in [0.15, 0.2) is 5.16 Å². The third-order valence-corrected chi connectivity index (χ3v) is 5.38. The standard InChI is InChI=1S/C18H24N4OS/c1-10-8-11(2)16(12(3)9-10)19-17(23)13(4)24-18-21-20-14(5)22(18)15-6-7-15/h8-9,13,15H,6-7H2,1-5H3,(H,19,23)/t13-/m0/s1. The van der Waals surface area contributed by atoms with Gasteiger partial charge in [-0.25, -0.2) is 0 Å². The molecule has 0 saturated heterocycles. The fraction of sp³-hybridized carbons (Fsp3) is 0.500. The summed E-state index contributed by atoms with van der Waals surface area (Å²) in [5.41, 5.74) is 4.31. The number of carbonyl (C=O) groups excluding carboxylic acids is 1. The predicted molar refractivity (Wildman–Crippen MR) is 97.6 cm³/mol. The molecule has 0 unspecified atom stereocenters. The van der Waals surface area contributed by atoms with Gasteiger partial charge in [-0.1, -0.05) is 29.5 Å². The molecule has 0 aliphatic heterocycles. The van der Waals surface area contributed by atoms with Crippen molar-refractivity contribution < 1.29 is 4.79 Å². The number of amides is 1. The molecule has 1 aromatic carbocycles. The van der Waals surface area contributed by atoms with Gasteiger partial charge >= 0.3 is 0 Å². The van der Waals surface area contributed by atoms with Crippen LogP contribution in [-0.4, -0.2) is 25.9 Å². The van der Waals surface area contributed by atoms with Crippen LogP contribution in [0.2, 0.25) is 0 Å². The average molecular weight is 344 g/mol. The van der Waals surface area contributed by atoms with Gasteiger partial charge in [-0.05, 0) is 58.6 Å². The van der Waals surface area contributed by atoms with E-state index in [9.17, 15) is 4.79 Å². The van der Waals surface area contributed by atoms with Crippen molar-refractivity contribution in [3.63, 3.8) is 0 Å². The fourth-order valence-electron chi connectivity index (χ4n) is 3.00. The van der Waals surface area contributed by atoms with Crippen molar-refractivity contribution in [1.82, 2.24) is 14.8 Å². The van der Waals surface area contributed by atoms with Gasteiger partial charge in [0.1, 0.15) is 5.82 Å². The Morgan fingerprint density at radius 1 is 1.21 bits per heavy atom. The first-order chi connectivity index (χ1) is 11.4. The second kappa shape index (κ2) is 6.59. The third-order valence-electron chi connectivity index (χ3n) is 4.32. The molecule has 1 aliphatic rings. The van der Waals surface area contributed by atoms with E-state index in [2.05, 4.69) is 39.1 Å². The summed E-state index contributed by atoms with van der Waals surface area (Å²) in [6.45, 7) is 10.0. The number of hydrogen-bond acceptors (Lipinski definition) is 4. The molecule has 24 heavy (non-hydrogen) atoms. The molecule has 2 aromatic rings. The first-order valence-corrected chi connectivity index (χ1v) is 9.21. The molecule has 128 valence electrons. The molecule has 1 N–H and O–H groups in total. The number of nitrogens with one attached hydrogen (secondary N) is 1. The van der Waals surface area contributed by atoms with Crippen molar-refractivity contribution in [3.05, 3.63) is 34.6 Å². The molecule has 1 aromatic heterocycles. The Hall–Kier alpha value is -1.82. The van der Waals surface area contributed by atoms with Crippen LogP contribution in [0.3, 0.4) is 0 Å². The predicted octanol–water partition coefficient (Wildman–Crippen LogP) is 3.97. The van der Waals surface area contributed by atoms with Gasteiger partial charge in [0.05, 0.1) is 5.25 Å². The summed E-state index contributed by atoms with van der Waals surface area (Å²) in [5.74, 6) is 0.927. The first kappa shape index (κ1) is 17.0. The summed E-state index contributed by atoms with van der Waals surface area (Å²) in [6, 6.07) is 4.69. The smallest absolute Gasteiger partial charge is 0.237 e. The van der Waals surface area contributed by atoms with Gasteiger partial charge in [-0.2, -0.15) is 0 Å². The SMILES string of the molecule is Cc1cc(C)c(NC(=O)[C@H](C)Sc2nnc(C)n2C2CC2)c(C)c1. The highest BCUT2D eigenvalue weighted by Gasteiger charge is 2.30. The lowest BCUT2D eigenvalue weighted by atomic mass is 10.1. The second-order valence-electron chi connectivity index (χ2n) is 6.65. The van der Waals surface area contributed by atoms with E-state index in [0.29, 0.717) is 6.04 Å². The van der Waals surface area contributed by atoms with Crippen molar-refractivity contribution in [2.45, 2.75) is 63.9 Å². The van der Waals surface area contributed by atoms with Crippen molar-refractivity contribution >= 4 is 23.4 Å². The highest BCUT2D eigenvalue weighted by Crippen LogP contribution is 2.39. The summed E-state index contributed by atoms with van der Waals surface area (Å²) in [7, 11) is 0. The summed E-state index contributed by atoms with van der Waals surface area (Å²) in [5, 5.41) is 12.1. The lowest BCUT2D eigenvalue weighted by Gasteiger charge is -2.16. The minimum absolute atomic E-state index is 0.00180. The van der Waals surface area contributed by atoms with Gasteiger partial charge in [0.25, 0.3) is 0 Å². The molecule has 1 atom stereocenters. The normalized spacial score (nSPS) is 15.4. The number of benzene rings is 1. The molecule has 1 fully saturated rings. The van der Waals surface area contributed by atoms with Crippen LogP contribution in [0.4, 0.5) is 5.69 Å². The Kier molecular flexibility index (Phi) is 4.67. The number of rotatable bonds is 5. The fourth-order valence-corrected chi connectivity index (χ4v) is 3.96. The molecule has 3 rings (SSSR count). The number of aryl methyl sites for hydroxylation is 4. The van der Waals surface area contributed by atoms with E-state index in [0.717, 1.165) is 27.8 Å². The Balaban J connectivity index is 1.72. The van der Waals surface area contributed by atoms with E-state index in [4.69, 9.17) is 0 Å². The van der Waals surface area contributed by atoms with Crippen LogP contribution in [0, 0.1) is 27.7 Å². The van der Waals surface area contributed by atoms with Crippen LogP contribution in [0.5, 0.6) is 0 Å². The van der Waals surface area contributed by atoms with Crippen LogP contribution in [-0.2, 0) is 4.79 Å². The van der Waals surface area contributed by atoms with Gasteiger partial charge < -0.3 is 9.88 Å². The lowest BCUT2D eigenvalue weighted by molar-refractivity contribution is -0.115. The minimum atomic E-state index is -0.230. The molecular formula is C18H24N4OS. The summed E-state index contributed by atoms with van der Waals surface area (Å²) in [6.07, 6.45) is 2.35. The number of hydrogen-bond donors (Lipinski definition) is 1. The van der Waals surface area contributed by atoms with Gasteiger partial charge in [0.2, 0.25) is 5.91 Å². The highest BCUT2D eigenvalue weighted by molar-refractivity contribution is 8.00. The van der Waals surface area contributed by atoms with Gasteiger partial charge in [-0.15, -0.1) is 10.2 Å². The third kappa shape index (κ3) is 3.48. The van der Waals surface area contributed by atoms with Gasteiger partial charge in [0, 0.05) is 11.7 Å². The largest absolute Gasteiger partial charge is 0.325 e. The van der Waals surface area contributed by atoms with Crippen LogP contribution in [0.15, 0.2) is 17.3 Å². The zero-order valence-electron chi connectivity index (χ0n) is 14.9. The number of aromatic nitrogens is 3. The number of anilines is 1. The highest BCUT2D eigenvalue weighted by atomic mass is 32.2. The van der Waals surface area contributed by atoms with E-state index in [-0.39, 0.29) is 11.2 Å². The van der Waals surface area contributed by atoms with Crippen molar-refractivity contribution in [2.75, 3.05) is 5.32 Å². The number of nitrogens with zero attached hydrogens (tertiary/aromatic N) is 3. The average Bonchev–Trinajstić information content (AvgIpc) is 3.27. The van der Waals surface area contributed by atoms with Crippen LogP contribution >= 0.6 is 11.8 Å². The minimum Gasteiger partial charge on any atom is -0.325 e. The topological polar surface area (TPSA) is 59.8 Å². The second-order valence-corrected chi connectivity index (χ2v) is 7.96. The lowest BCUT2D eigenvalue weighted by Crippen LogP contribution is -2.24. The van der Waals surface area contributed by atoms with Crippen LogP contribution in [0.25, 0.3) is 0 Å². The zero-order chi connectivity index (χ0) is 17.4. The molecule has 6 heteroatoms. The summed E-state index contributed by atoms with van der Waals surface area (Å²) in [4.78, 5) is 12.6. The quantitative estimate of drug-likeness (QED) is 0.834. The van der Waals surface area contributed by atoms with Crippen molar-refractivity contribution in [1.29, 1.82) is 0 Å². The maximum atomic E-state index is 12.6. The van der Waals surface area contributed by atoms with E-state index >= 15 is 0 Å². The van der Waals surface area contributed by atoms with Gasteiger partial charge in [-0.3, -0.25) is 4.79 Å². The van der Waals surface area contributed by atoms with E-state index in [1.165, 1.54) is 30.2 Å². The molecule has 1 heterocycles. The molecule has 5 nitrogen and oxygen atoms in total. The monoisotopic (exact) mass is 344 g/mol. The maximum absolute atomic E-state index is 12.6. The van der Waals surface area contributed by atoms with E-state index in [1.807, 2.05) is 27.7 Å². The van der Waals surface area contributed by atoms with E-state index < -0.39 is 0 Å². The van der Waals surface area contributed by atoms with Crippen molar-refractivity contribution in [3.8, 4) is 0 Å². The maximum Gasteiger partial charge on any atom is 0.237 e. The Labute approximate surface area is 147 Å². The zero-order valence-corrected chi connectivity index (χ0v) is 15.7. The van der Waals surface area contributed by atoms with E-state index in [1.54, 1.807) is 0 Å². The van der Waals surface area contributed by atoms with Crippen molar-refractivity contribution in [2.24, 2.45) is 0 Å². The molecule has 1 amide bonds. The molecule has 1 aliphatic carbocycles. The molecule has 0 radical (unpaired) electrons. The summed E-state index contributed by atoms with van der Waals surface area (Å²) >= 11 is 1.48. The number of carbonyl (C=O) groups is 1. The molecule has 0 bridgehead atoms. The molecular weight excluding hydrogens is 320 g/mol. The molecule has 0 spiro atoms. The Bertz CT molecular complexity index is 756. The summed E-state index contributed by atoms with van der Waals surface area (Å²) < 4.78 is 2.16. The Morgan fingerprint density at radius 2 is 1.83 bits per heavy atom. The molecule has 1 saturated carbocycles. The first-order valence-electron chi connectivity index (χ1n) is 8.33. The van der Waals surface area contributed by atoms with Crippen LogP contribution in [0.1, 0.15) is 48.3 Å². The number of thioether (sulfide) groups is 1.